The maximum Gasteiger partial charge on any atom is 0.326 e. The third-order valence-corrected chi connectivity index (χ3v) is 8.63. The van der Waals surface area contributed by atoms with Crippen LogP contribution in [0.1, 0.15) is 58.9 Å². The van der Waals surface area contributed by atoms with E-state index in [-0.39, 0.29) is 37.7 Å². The Morgan fingerprint density at radius 1 is 0.690 bits per heavy atom. The molecule has 1 rings (SSSR count). The number of benzene rings is 1. The molecule has 322 valence electrons. The minimum absolute atomic E-state index is 0.00821. The van der Waals surface area contributed by atoms with Crippen molar-refractivity contribution >= 4 is 59.2 Å². The van der Waals surface area contributed by atoms with E-state index in [2.05, 4.69) is 42.2 Å². The first-order chi connectivity index (χ1) is 27.2. The van der Waals surface area contributed by atoms with Crippen molar-refractivity contribution < 1.29 is 53.4 Å². The first-order valence-electron chi connectivity index (χ1n) is 18.6. The number of nitrogens with zero attached hydrogens (tertiary/aromatic N) is 1. The van der Waals surface area contributed by atoms with E-state index in [1.165, 1.54) is 0 Å². The van der Waals surface area contributed by atoms with Gasteiger partial charge >= 0.3 is 11.9 Å². The van der Waals surface area contributed by atoms with E-state index in [4.69, 9.17) is 17.2 Å². The Hall–Kier alpha value is -6.32. The third kappa shape index (κ3) is 19.5. The van der Waals surface area contributed by atoms with Crippen molar-refractivity contribution in [3.05, 3.63) is 35.9 Å². The van der Waals surface area contributed by atoms with Crippen LogP contribution in [-0.2, 0) is 49.6 Å². The van der Waals surface area contributed by atoms with Gasteiger partial charge in [-0.1, -0.05) is 64.4 Å². The summed E-state index contributed by atoms with van der Waals surface area (Å²) in [6.07, 6.45) is -0.354. The topological polar surface area (TPSA) is 369 Å². The number of hydrogen-bond acceptors (Lipinski definition) is 11. The fourth-order valence-electron chi connectivity index (χ4n) is 5.05. The predicted octanol–water partition coefficient (Wildman–Crippen LogP) is -3.84. The van der Waals surface area contributed by atoms with Crippen LogP contribution in [0.2, 0.25) is 0 Å². The molecule has 0 saturated carbocycles. The van der Waals surface area contributed by atoms with Gasteiger partial charge in [0.25, 0.3) is 0 Å². The van der Waals surface area contributed by atoms with Gasteiger partial charge in [-0.2, -0.15) is 0 Å². The summed E-state index contributed by atoms with van der Waals surface area (Å²) < 4.78 is 0. The molecule has 0 unspecified atom stereocenters. The molecule has 58 heavy (non-hydrogen) atoms. The number of carbonyl (C=O) groups excluding carboxylic acids is 7. The van der Waals surface area contributed by atoms with Gasteiger partial charge in [0.2, 0.25) is 41.4 Å². The highest BCUT2D eigenvalue weighted by atomic mass is 16.4. The Morgan fingerprint density at radius 2 is 1.21 bits per heavy atom. The second-order valence-corrected chi connectivity index (χ2v) is 13.7. The maximum atomic E-state index is 13.3. The summed E-state index contributed by atoms with van der Waals surface area (Å²) in [5, 5.41) is 35.5. The zero-order valence-corrected chi connectivity index (χ0v) is 33.0. The van der Waals surface area contributed by atoms with Crippen molar-refractivity contribution in [2.24, 2.45) is 34.0 Å². The van der Waals surface area contributed by atoms with Crippen LogP contribution in [-0.4, -0.2) is 126 Å². The largest absolute Gasteiger partial charge is 0.481 e. The summed E-state index contributed by atoms with van der Waals surface area (Å²) >= 11 is 0. The molecule has 1 aromatic carbocycles. The number of hydrogen-bond donors (Lipinski definition) is 12. The minimum Gasteiger partial charge on any atom is -0.481 e. The fourth-order valence-corrected chi connectivity index (χ4v) is 5.05. The zero-order chi connectivity index (χ0) is 43.9. The van der Waals surface area contributed by atoms with E-state index in [0.717, 1.165) is 0 Å². The first-order valence-corrected chi connectivity index (χ1v) is 18.6. The van der Waals surface area contributed by atoms with Crippen LogP contribution in [0.15, 0.2) is 35.3 Å². The molecule has 1 aromatic rings. The second-order valence-electron chi connectivity index (χ2n) is 13.7. The number of carboxylic acids is 2. The van der Waals surface area contributed by atoms with E-state index >= 15 is 0 Å². The molecule has 22 heteroatoms. The van der Waals surface area contributed by atoms with Crippen molar-refractivity contribution in [3.63, 3.8) is 0 Å². The first kappa shape index (κ1) is 49.7. The number of amides is 7. The smallest absolute Gasteiger partial charge is 0.326 e. The molecule has 0 aliphatic rings. The van der Waals surface area contributed by atoms with Crippen LogP contribution in [0.3, 0.4) is 0 Å². The van der Waals surface area contributed by atoms with Crippen molar-refractivity contribution in [1.29, 1.82) is 0 Å². The summed E-state index contributed by atoms with van der Waals surface area (Å²) in [5.74, 6) is -9.51. The van der Waals surface area contributed by atoms with Gasteiger partial charge in [0.15, 0.2) is 5.96 Å². The monoisotopic (exact) mass is 819 g/mol. The number of nitrogens with one attached hydrogen (secondary N) is 7. The second kappa shape index (κ2) is 25.8. The van der Waals surface area contributed by atoms with Crippen molar-refractivity contribution in [3.8, 4) is 0 Å². The summed E-state index contributed by atoms with van der Waals surface area (Å²) in [6.45, 7) is 5.02. The minimum atomic E-state index is -1.70. The highest BCUT2D eigenvalue weighted by molar-refractivity contribution is 5.97. The van der Waals surface area contributed by atoms with Gasteiger partial charge < -0.3 is 64.6 Å². The molecule has 0 radical (unpaired) electrons. The number of carboxylic acid groups (broad SMARTS) is 2. The van der Waals surface area contributed by atoms with Gasteiger partial charge in [-0.15, -0.1) is 0 Å². The highest BCUT2D eigenvalue weighted by Crippen LogP contribution is 2.10. The molecule has 0 saturated heterocycles. The van der Waals surface area contributed by atoms with Crippen LogP contribution >= 0.6 is 0 Å². The average molecular weight is 820 g/mol. The molecule has 15 N–H and O–H groups in total. The van der Waals surface area contributed by atoms with Gasteiger partial charge in [-0.05, 0) is 30.2 Å². The van der Waals surface area contributed by atoms with Crippen LogP contribution in [0.25, 0.3) is 0 Å². The van der Waals surface area contributed by atoms with Gasteiger partial charge in [-0.3, -0.25) is 43.3 Å². The molecule has 0 heterocycles. The number of aliphatic carboxylic acids is 2. The van der Waals surface area contributed by atoms with Crippen LogP contribution in [0, 0.1) is 11.8 Å². The molecule has 22 nitrogen and oxygen atoms in total. The number of guanidine groups is 1. The SMILES string of the molecule is CC[C@H](C)[C@H](NC(=O)CNC(=O)[C@@H](N)C(C)C)C(=O)N[C@@H](CC(=O)O)C(=O)NCC(=O)N[C@@H](Cc1ccccc1)C(=O)NCC(=O)N[C@@H](CCCN=C(N)N)C(=O)O. The Labute approximate surface area is 335 Å². The van der Waals surface area contributed by atoms with Crippen LogP contribution in [0.5, 0.6) is 0 Å². The summed E-state index contributed by atoms with van der Waals surface area (Å²) in [6, 6.07) is 2.04. The molecule has 6 atom stereocenters. The predicted molar refractivity (Wildman–Crippen MR) is 209 cm³/mol. The van der Waals surface area contributed by atoms with Gasteiger partial charge in [0.1, 0.15) is 24.2 Å². The van der Waals surface area contributed by atoms with Crippen molar-refractivity contribution in [1.82, 2.24) is 37.2 Å². The summed E-state index contributed by atoms with van der Waals surface area (Å²) in [4.78, 5) is 117. The van der Waals surface area contributed by atoms with Gasteiger partial charge in [-0.25, -0.2) is 4.79 Å². The van der Waals surface area contributed by atoms with Crippen molar-refractivity contribution in [2.75, 3.05) is 26.2 Å². The lowest BCUT2D eigenvalue weighted by atomic mass is 9.97. The average Bonchev–Trinajstić information content (AvgIpc) is 3.16. The molecule has 7 amide bonds. The maximum absolute atomic E-state index is 13.3. The number of aliphatic imine (C=N–C) groups is 1. The van der Waals surface area contributed by atoms with E-state index in [0.29, 0.717) is 12.0 Å². The zero-order valence-electron chi connectivity index (χ0n) is 33.0. The van der Waals surface area contributed by atoms with E-state index in [1.54, 1.807) is 58.0 Å². The lowest BCUT2D eigenvalue weighted by Crippen LogP contribution is -2.58. The van der Waals surface area contributed by atoms with E-state index < -0.39 is 115 Å². The van der Waals surface area contributed by atoms with Crippen LogP contribution < -0.4 is 54.4 Å². The summed E-state index contributed by atoms with van der Waals surface area (Å²) in [7, 11) is 0. The molecule has 0 fully saturated rings. The Balaban J connectivity index is 2.97. The van der Waals surface area contributed by atoms with E-state index in [1.807, 2.05) is 0 Å². The van der Waals surface area contributed by atoms with Gasteiger partial charge in [0.05, 0.1) is 32.1 Å². The van der Waals surface area contributed by atoms with Crippen molar-refractivity contribution in [2.45, 2.75) is 90.0 Å². The molecule has 0 aromatic heterocycles. The molecule has 0 aliphatic carbocycles. The number of nitrogens with two attached hydrogens (primary N) is 3. The van der Waals surface area contributed by atoms with E-state index in [9.17, 15) is 53.4 Å². The Morgan fingerprint density at radius 3 is 1.71 bits per heavy atom. The summed E-state index contributed by atoms with van der Waals surface area (Å²) in [5.41, 5.74) is 16.9. The van der Waals surface area contributed by atoms with Crippen LogP contribution in [0.4, 0.5) is 0 Å². The molecule has 0 aliphatic heterocycles. The number of carbonyl (C=O) groups is 9. The highest BCUT2D eigenvalue weighted by Gasteiger charge is 2.32. The lowest BCUT2D eigenvalue weighted by Gasteiger charge is -2.26. The number of rotatable bonds is 26. The lowest BCUT2D eigenvalue weighted by molar-refractivity contribution is -0.142. The molecular formula is C36H57N11O11. The van der Waals surface area contributed by atoms with Gasteiger partial charge in [0, 0.05) is 13.0 Å². The Bertz CT molecular complexity index is 1620. The quantitative estimate of drug-likeness (QED) is 0.0242. The standard InChI is InChI=1S/C36H57N11O11/c1-5-20(4)30(47-27(50)18-43-33(55)29(37)19(2)3)34(56)46-24(15-28(51)52)32(54)42-17-26(49)45-23(14-21-10-7-6-8-11-21)31(53)41-16-25(48)44-22(35(57)58)12-9-13-40-36(38)39/h6-8,10-11,19-20,22-24,29-30H,5,9,12-18,37H2,1-4H3,(H,41,53)(H,42,54)(H,43,55)(H,44,48)(H,45,49)(H,46,56)(H,47,50)(H,51,52)(H,57,58)(H4,38,39,40)/t20-,22-,23-,24-,29-,30-/m0/s1. The fraction of sp³-hybridized carbons (Fsp3) is 0.556. The molecule has 0 spiro atoms. The molecule has 0 bridgehead atoms. The normalized spacial score (nSPS) is 13.8. The Kier molecular flexibility index (Phi) is 22.1. The third-order valence-electron chi connectivity index (χ3n) is 8.63. The molecular weight excluding hydrogens is 762 g/mol.